The molecule has 1 saturated heterocycles. The van der Waals surface area contributed by atoms with Crippen LogP contribution in [0.1, 0.15) is 24.8 Å². The molecule has 9 heteroatoms. The van der Waals surface area contributed by atoms with Crippen molar-refractivity contribution in [2.75, 3.05) is 19.6 Å². The van der Waals surface area contributed by atoms with Crippen molar-refractivity contribution in [2.24, 2.45) is 5.92 Å². The molecule has 1 aliphatic heterocycles. The third-order valence-corrected chi connectivity index (χ3v) is 7.32. The minimum atomic E-state index is -3.68. The SMILES string of the molecule is O=C(CCNC(=O)C1CCCN(S(=O)(=O)c2ccc(Cl)cc2)C1)NCc1ccccc1. The number of benzene rings is 2. The largest absolute Gasteiger partial charge is 0.355 e. The molecule has 31 heavy (non-hydrogen) atoms. The molecule has 0 bridgehead atoms. The second kappa shape index (κ2) is 10.7. The summed E-state index contributed by atoms with van der Waals surface area (Å²) < 4.78 is 27.1. The number of halogens is 1. The zero-order chi connectivity index (χ0) is 22.3. The number of piperidine rings is 1. The summed E-state index contributed by atoms with van der Waals surface area (Å²) in [7, 11) is -3.68. The van der Waals surface area contributed by atoms with Gasteiger partial charge in [0.15, 0.2) is 0 Å². The Kier molecular flexibility index (Phi) is 8.06. The van der Waals surface area contributed by atoms with Gasteiger partial charge >= 0.3 is 0 Å². The van der Waals surface area contributed by atoms with E-state index in [1.165, 1.54) is 28.6 Å². The summed E-state index contributed by atoms with van der Waals surface area (Å²) in [4.78, 5) is 24.7. The van der Waals surface area contributed by atoms with Crippen LogP contribution in [0.25, 0.3) is 0 Å². The van der Waals surface area contributed by atoms with E-state index in [1.54, 1.807) is 0 Å². The van der Waals surface area contributed by atoms with E-state index >= 15 is 0 Å². The van der Waals surface area contributed by atoms with Gasteiger partial charge in [-0.1, -0.05) is 41.9 Å². The minimum Gasteiger partial charge on any atom is -0.355 e. The Morgan fingerprint density at radius 3 is 2.45 bits per heavy atom. The van der Waals surface area contributed by atoms with Gasteiger partial charge < -0.3 is 10.6 Å². The van der Waals surface area contributed by atoms with E-state index in [-0.39, 0.29) is 36.2 Å². The fraction of sp³-hybridized carbons (Fsp3) is 0.364. The number of hydrogen-bond acceptors (Lipinski definition) is 4. The molecule has 7 nitrogen and oxygen atoms in total. The minimum absolute atomic E-state index is 0.122. The van der Waals surface area contributed by atoms with Crippen LogP contribution in [0.5, 0.6) is 0 Å². The molecule has 2 aromatic rings. The van der Waals surface area contributed by atoms with E-state index in [0.717, 1.165) is 5.56 Å². The van der Waals surface area contributed by atoms with E-state index in [9.17, 15) is 18.0 Å². The average Bonchev–Trinajstić information content (AvgIpc) is 2.78. The van der Waals surface area contributed by atoms with Crippen molar-refractivity contribution in [3.63, 3.8) is 0 Å². The summed E-state index contributed by atoms with van der Waals surface area (Å²) in [6.45, 7) is 1.14. The van der Waals surface area contributed by atoms with Gasteiger partial charge in [-0.2, -0.15) is 4.31 Å². The van der Waals surface area contributed by atoms with E-state index < -0.39 is 15.9 Å². The second-order valence-corrected chi connectivity index (χ2v) is 9.83. The molecule has 1 unspecified atom stereocenters. The zero-order valence-electron chi connectivity index (χ0n) is 17.1. The monoisotopic (exact) mass is 463 g/mol. The molecule has 1 fully saturated rings. The summed E-state index contributed by atoms with van der Waals surface area (Å²) in [5.74, 6) is -0.824. The van der Waals surface area contributed by atoms with Crippen molar-refractivity contribution >= 4 is 33.4 Å². The smallest absolute Gasteiger partial charge is 0.243 e. The lowest BCUT2D eigenvalue weighted by Crippen LogP contribution is -2.45. The topological polar surface area (TPSA) is 95.6 Å². The van der Waals surface area contributed by atoms with Gasteiger partial charge in [0.05, 0.1) is 10.8 Å². The standard InChI is InChI=1S/C22H26ClN3O4S/c23-19-8-10-20(11-9-19)31(29,30)26-14-4-7-18(16-26)22(28)24-13-12-21(27)25-15-17-5-2-1-3-6-17/h1-3,5-6,8-11,18H,4,7,12-16H2,(H,24,28)(H,25,27). The lowest BCUT2D eigenvalue weighted by atomic mass is 9.99. The fourth-order valence-electron chi connectivity index (χ4n) is 3.46. The van der Waals surface area contributed by atoms with Crippen LogP contribution in [-0.2, 0) is 26.2 Å². The summed E-state index contributed by atoms with van der Waals surface area (Å²) in [5.41, 5.74) is 1.00. The van der Waals surface area contributed by atoms with Crippen molar-refractivity contribution in [1.29, 1.82) is 0 Å². The normalized spacial score (nSPS) is 17.1. The molecule has 0 aromatic heterocycles. The second-order valence-electron chi connectivity index (χ2n) is 7.46. The van der Waals surface area contributed by atoms with Crippen LogP contribution in [0, 0.1) is 5.92 Å². The molecule has 1 heterocycles. The molecule has 2 amide bonds. The van der Waals surface area contributed by atoms with Crippen LogP contribution in [-0.4, -0.2) is 44.2 Å². The number of nitrogens with one attached hydrogen (secondary N) is 2. The van der Waals surface area contributed by atoms with E-state index in [4.69, 9.17) is 11.6 Å². The quantitative estimate of drug-likeness (QED) is 0.629. The Morgan fingerprint density at radius 2 is 1.74 bits per heavy atom. The fourth-order valence-corrected chi connectivity index (χ4v) is 5.11. The van der Waals surface area contributed by atoms with E-state index in [2.05, 4.69) is 10.6 Å². The van der Waals surface area contributed by atoms with Gasteiger partial charge in [0.1, 0.15) is 0 Å². The van der Waals surface area contributed by atoms with Crippen LogP contribution in [0.3, 0.4) is 0 Å². The summed E-state index contributed by atoms with van der Waals surface area (Å²) in [5, 5.41) is 6.04. The van der Waals surface area contributed by atoms with Crippen LogP contribution in [0.15, 0.2) is 59.5 Å². The Bertz CT molecular complexity index is 997. The zero-order valence-corrected chi connectivity index (χ0v) is 18.7. The maximum atomic E-state index is 12.9. The number of carbonyl (C=O) groups excluding carboxylic acids is 2. The highest BCUT2D eigenvalue weighted by Crippen LogP contribution is 2.24. The van der Waals surface area contributed by atoms with Gasteiger partial charge in [0, 0.05) is 37.6 Å². The van der Waals surface area contributed by atoms with Gasteiger partial charge in [0.25, 0.3) is 0 Å². The highest BCUT2D eigenvalue weighted by Gasteiger charge is 2.33. The third-order valence-electron chi connectivity index (χ3n) is 5.19. The van der Waals surface area contributed by atoms with Crippen LogP contribution in [0.2, 0.25) is 5.02 Å². The van der Waals surface area contributed by atoms with E-state index in [0.29, 0.717) is 31.0 Å². The predicted molar refractivity (Wildman–Crippen MR) is 119 cm³/mol. The van der Waals surface area contributed by atoms with Crippen molar-refractivity contribution in [3.8, 4) is 0 Å². The van der Waals surface area contributed by atoms with Crippen molar-refractivity contribution in [3.05, 3.63) is 65.2 Å². The van der Waals surface area contributed by atoms with Gasteiger partial charge in [-0.15, -0.1) is 0 Å². The van der Waals surface area contributed by atoms with Crippen molar-refractivity contribution in [2.45, 2.75) is 30.7 Å². The lowest BCUT2D eigenvalue weighted by molar-refractivity contribution is -0.126. The molecule has 2 aromatic carbocycles. The number of rotatable bonds is 8. The maximum absolute atomic E-state index is 12.9. The Hall–Kier alpha value is -2.42. The molecular formula is C22H26ClN3O4S. The molecular weight excluding hydrogens is 438 g/mol. The number of nitrogens with zero attached hydrogens (tertiary/aromatic N) is 1. The molecule has 0 radical (unpaired) electrons. The molecule has 166 valence electrons. The number of sulfonamides is 1. The molecule has 1 aliphatic rings. The predicted octanol–water partition coefficient (Wildman–Crippen LogP) is 2.56. The highest BCUT2D eigenvalue weighted by atomic mass is 35.5. The third kappa shape index (κ3) is 6.53. The van der Waals surface area contributed by atoms with Gasteiger partial charge in [-0.05, 0) is 42.7 Å². The average molecular weight is 464 g/mol. The summed E-state index contributed by atoms with van der Waals surface area (Å²) >= 11 is 5.84. The summed E-state index contributed by atoms with van der Waals surface area (Å²) in [6.07, 6.45) is 1.37. The Morgan fingerprint density at radius 1 is 1.03 bits per heavy atom. The van der Waals surface area contributed by atoms with Gasteiger partial charge in [-0.25, -0.2) is 8.42 Å². The lowest BCUT2D eigenvalue weighted by Gasteiger charge is -2.31. The van der Waals surface area contributed by atoms with Crippen molar-refractivity contribution < 1.29 is 18.0 Å². The number of hydrogen-bond donors (Lipinski definition) is 2. The number of amides is 2. The molecule has 1 atom stereocenters. The van der Waals surface area contributed by atoms with Gasteiger partial charge in [0.2, 0.25) is 21.8 Å². The molecule has 0 saturated carbocycles. The first-order chi connectivity index (χ1) is 14.9. The van der Waals surface area contributed by atoms with Crippen LogP contribution >= 0.6 is 11.6 Å². The maximum Gasteiger partial charge on any atom is 0.243 e. The molecule has 0 spiro atoms. The first-order valence-corrected chi connectivity index (χ1v) is 12.0. The van der Waals surface area contributed by atoms with Gasteiger partial charge in [-0.3, -0.25) is 9.59 Å². The van der Waals surface area contributed by atoms with Crippen LogP contribution in [0.4, 0.5) is 0 Å². The first-order valence-electron chi connectivity index (χ1n) is 10.2. The Labute approximate surface area is 187 Å². The Balaban J connectivity index is 1.46. The number of carbonyl (C=O) groups is 2. The summed E-state index contributed by atoms with van der Waals surface area (Å²) in [6, 6.07) is 15.6. The highest BCUT2D eigenvalue weighted by molar-refractivity contribution is 7.89. The molecule has 2 N–H and O–H groups in total. The molecule has 0 aliphatic carbocycles. The van der Waals surface area contributed by atoms with Crippen LogP contribution < -0.4 is 10.6 Å². The first kappa shape index (κ1) is 23.2. The molecule has 3 rings (SSSR count). The van der Waals surface area contributed by atoms with E-state index in [1.807, 2.05) is 30.3 Å². The van der Waals surface area contributed by atoms with Crippen molar-refractivity contribution in [1.82, 2.24) is 14.9 Å².